The first-order valence-corrected chi connectivity index (χ1v) is 8.39. The van der Waals surface area contributed by atoms with Crippen LogP contribution in [0.25, 0.3) is 0 Å². The van der Waals surface area contributed by atoms with Crippen molar-refractivity contribution in [3.63, 3.8) is 0 Å². The fraction of sp³-hybridized carbons (Fsp3) is 0.350. The Hall–Kier alpha value is -2.29. The molecule has 0 bridgehead atoms. The lowest BCUT2D eigenvalue weighted by Crippen LogP contribution is -2.52. The van der Waals surface area contributed by atoms with Gasteiger partial charge in [0.15, 0.2) is 5.82 Å². The Morgan fingerprint density at radius 3 is 2.61 bits per heavy atom. The highest BCUT2D eigenvalue weighted by atomic mass is 15.5. The van der Waals surface area contributed by atoms with Crippen LogP contribution in [0.3, 0.4) is 0 Å². The summed E-state index contributed by atoms with van der Waals surface area (Å²) in [5.74, 6) is 1.88. The van der Waals surface area contributed by atoms with Crippen molar-refractivity contribution in [3.05, 3.63) is 60.8 Å². The fourth-order valence-electron chi connectivity index (χ4n) is 4.30. The molecule has 3 heteroatoms. The monoisotopic (exact) mass is 305 g/mol. The maximum Gasteiger partial charge on any atom is 0.158 e. The number of hydrogen-bond donors (Lipinski definition) is 0. The summed E-state index contributed by atoms with van der Waals surface area (Å²) in [5, 5.41) is 0. The van der Waals surface area contributed by atoms with E-state index in [4.69, 9.17) is 4.98 Å². The van der Waals surface area contributed by atoms with Gasteiger partial charge in [-0.1, -0.05) is 31.2 Å². The lowest BCUT2D eigenvalue weighted by atomic mass is 9.80. The number of rotatable bonds is 2. The van der Waals surface area contributed by atoms with E-state index in [0.29, 0.717) is 17.9 Å². The quantitative estimate of drug-likeness (QED) is 0.750. The molecule has 0 amide bonds. The van der Waals surface area contributed by atoms with Gasteiger partial charge < -0.3 is 9.80 Å². The summed E-state index contributed by atoms with van der Waals surface area (Å²) < 4.78 is 0. The van der Waals surface area contributed by atoms with Crippen LogP contribution in [0.1, 0.15) is 32.3 Å². The van der Waals surface area contributed by atoms with Crippen LogP contribution >= 0.6 is 0 Å². The van der Waals surface area contributed by atoms with Crippen LogP contribution in [0.2, 0.25) is 0 Å². The molecule has 23 heavy (non-hydrogen) atoms. The summed E-state index contributed by atoms with van der Waals surface area (Å²) >= 11 is 0. The molecule has 1 aromatic carbocycles. The number of allylic oxidation sites excluding steroid dienone is 1. The highest BCUT2D eigenvalue weighted by Crippen LogP contribution is 2.53. The first-order valence-electron chi connectivity index (χ1n) is 8.39. The van der Waals surface area contributed by atoms with Gasteiger partial charge >= 0.3 is 0 Å². The van der Waals surface area contributed by atoms with E-state index in [9.17, 15) is 0 Å². The summed E-state index contributed by atoms with van der Waals surface area (Å²) in [7, 11) is 0. The SMILES string of the molecule is C=CC1c2ccccc2N2c3ncccc3N(C(C)C)C2C1C. The second kappa shape index (κ2) is 5.12. The molecule has 3 unspecified atom stereocenters. The number of aromatic nitrogens is 1. The second-order valence-corrected chi connectivity index (χ2v) is 6.81. The molecule has 0 saturated carbocycles. The summed E-state index contributed by atoms with van der Waals surface area (Å²) in [5.41, 5.74) is 3.86. The molecule has 3 nitrogen and oxygen atoms in total. The van der Waals surface area contributed by atoms with Gasteiger partial charge in [0.2, 0.25) is 0 Å². The molecule has 0 fully saturated rings. The lowest BCUT2D eigenvalue weighted by molar-refractivity contribution is 0.377. The molecule has 0 saturated heterocycles. The number of hydrogen-bond acceptors (Lipinski definition) is 3. The van der Waals surface area contributed by atoms with Crippen molar-refractivity contribution in [3.8, 4) is 0 Å². The molecule has 2 aromatic rings. The Labute approximate surface area is 138 Å². The van der Waals surface area contributed by atoms with Crippen LogP contribution in [-0.2, 0) is 0 Å². The van der Waals surface area contributed by atoms with Crippen molar-refractivity contribution >= 4 is 17.2 Å². The summed E-state index contributed by atoms with van der Waals surface area (Å²) in [6, 6.07) is 13.3. The number of anilines is 3. The van der Waals surface area contributed by atoms with Crippen LogP contribution in [0.5, 0.6) is 0 Å². The molecule has 1 aromatic heterocycles. The number of pyridine rings is 1. The second-order valence-electron chi connectivity index (χ2n) is 6.81. The predicted molar refractivity (Wildman–Crippen MR) is 96.3 cm³/mol. The summed E-state index contributed by atoms with van der Waals surface area (Å²) in [6.07, 6.45) is 4.29. The first-order chi connectivity index (χ1) is 11.1. The third-order valence-corrected chi connectivity index (χ3v) is 5.22. The molecule has 118 valence electrons. The van der Waals surface area contributed by atoms with Crippen molar-refractivity contribution in [1.29, 1.82) is 0 Å². The van der Waals surface area contributed by atoms with Crippen molar-refractivity contribution in [2.45, 2.75) is 38.9 Å². The standard InChI is InChI=1S/C20H23N3/c1-5-15-14(4)20-22(13(2)3)18-11-8-12-21-19(18)23(20)17-10-7-6-9-16(15)17/h5-15,20H,1H2,2-4H3. The van der Waals surface area contributed by atoms with E-state index in [-0.39, 0.29) is 6.17 Å². The maximum atomic E-state index is 4.72. The zero-order valence-electron chi connectivity index (χ0n) is 14.0. The van der Waals surface area contributed by atoms with Gasteiger partial charge in [0, 0.05) is 29.8 Å². The van der Waals surface area contributed by atoms with Crippen molar-refractivity contribution in [2.75, 3.05) is 9.80 Å². The summed E-state index contributed by atoms with van der Waals surface area (Å²) in [6.45, 7) is 11.0. The minimum Gasteiger partial charge on any atom is -0.345 e. The van der Waals surface area contributed by atoms with Gasteiger partial charge in [-0.25, -0.2) is 4.98 Å². The Balaban J connectivity index is 1.98. The lowest BCUT2D eigenvalue weighted by Gasteiger charge is -2.46. The van der Waals surface area contributed by atoms with Gasteiger partial charge in [0.1, 0.15) is 6.17 Å². The molecule has 2 aliphatic rings. The number of benzene rings is 1. The van der Waals surface area contributed by atoms with E-state index in [1.54, 1.807) is 0 Å². The zero-order chi connectivity index (χ0) is 16.1. The van der Waals surface area contributed by atoms with Crippen LogP contribution in [0, 0.1) is 5.92 Å². The van der Waals surface area contributed by atoms with Crippen LogP contribution in [-0.4, -0.2) is 17.2 Å². The highest BCUT2D eigenvalue weighted by molar-refractivity contribution is 5.83. The van der Waals surface area contributed by atoms with E-state index >= 15 is 0 Å². The smallest absolute Gasteiger partial charge is 0.158 e. The molecule has 3 atom stereocenters. The Kier molecular flexibility index (Phi) is 3.19. The third kappa shape index (κ3) is 1.86. The minimum absolute atomic E-state index is 0.290. The first kappa shape index (κ1) is 14.3. The van der Waals surface area contributed by atoms with Gasteiger partial charge in [-0.15, -0.1) is 6.58 Å². The Bertz CT molecular complexity index is 752. The average Bonchev–Trinajstić information content (AvgIpc) is 2.91. The Morgan fingerprint density at radius 2 is 1.87 bits per heavy atom. The van der Waals surface area contributed by atoms with Gasteiger partial charge in [0.05, 0.1) is 5.69 Å². The van der Waals surface area contributed by atoms with Crippen LogP contribution < -0.4 is 9.80 Å². The van der Waals surface area contributed by atoms with Crippen molar-refractivity contribution < 1.29 is 0 Å². The van der Waals surface area contributed by atoms with Crippen LogP contribution in [0.15, 0.2) is 55.3 Å². The van der Waals surface area contributed by atoms with Crippen LogP contribution in [0.4, 0.5) is 17.2 Å². The van der Waals surface area contributed by atoms with E-state index in [1.807, 2.05) is 12.3 Å². The van der Waals surface area contributed by atoms with E-state index < -0.39 is 0 Å². The molecule has 0 aliphatic carbocycles. The maximum absolute atomic E-state index is 4.72. The molecule has 4 rings (SSSR count). The number of para-hydroxylation sites is 1. The average molecular weight is 305 g/mol. The highest BCUT2D eigenvalue weighted by Gasteiger charge is 2.47. The summed E-state index contributed by atoms with van der Waals surface area (Å²) in [4.78, 5) is 9.66. The largest absolute Gasteiger partial charge is 0.345 e. The predicted octanol–water partition coefficient (Wildman–Crippen LogP) is 4.69. The molecule has 2 aliphatic heterocycles. The van der Waals surface area contributed by atoms with Crippen molar-refractivity contribution in [1.82, 2.24) is 4.98 Å². The molecule has 0 N–H and O–H groups in total. The van der Waals surface area contributed by atoms with E-state index in [1.165, 1.54) is 16.9 Å². The number of fused-ring (bicyclic) bond motifs is 5. The normalized spacial score (nSPS) is 25.1. The topological polar surface area (TPSA) is 19.4 Å². The molecular formula is C20H23N3. The minimum atomic E-state index is 0.290. The zero-order valence-corrected chi connectivity index (χ0v) is 14.0. The van der Waals surface area contributed by atoms with Gasteiger partial charge in [0.25, 0.3) is 0 Å². The Morgan fingerprint density at radius 1 is 1.13 bits per heavy atom. The van der Waals surface area contributed by atoms with Gasteiger partial charge in [-0.05, 0) is 37.6 Å². The van der Waals surface area contributed by atoms with E-state index in [2.05, 4.69) is 73.6 Å². The van der Waals surface area contributed by atoms with Gasteiger partial charge in [-0.3, -0.25) is 0 Å². The molecular weight excluding hydrogens is 282 g/mol. The third-order valence-electron chi connectivity index (χ3n) is 5.22. The fourth-order valence-corrected chi connectivity index (χ4v) is 4.30. The van der Waals surface area contributed by atoms with E-state index in [0.717, 1.165) is 5.82 Å². The number of nitrogens with zero attached hydrogens (tertiary/aromatic N) is 3. The van der Waals surface area contributed by atoms with Gasteiger partial charge in [-0.2, -0.15) is 0 Å². The van der Waals surface area contributed by atoms with Crippen molar-refractivity contribution in [2.24, 2.45) is 5.92 Å². The molecule has 0 spiro atoms. The molecule has 3 heterocycles. The molecule has 0 radical (unpaired) electrons.